The number of ketones is 1. The van der Waals surface area contributed by atoms with Gasteiger partial charge < -0.3 is 18.8 Å². The lowest BCUT2D eigenvalue weighted by Crippen LogP contribution is -2.14. The van der Waals surface area contributed by atoms with Gasteiger partial charge in [0.2, 0.25) is 12.6 Å². The van der Waals surface area contributed by atoms with E-state index in [0.717, 1.165) is 17.0 Å². The third kappa shape index (κ3) is 4.15. The molecule has 0 saturated carbocycles. The van der Waals surface area contributed by atoms with Crippen LogP contribution in [0.4, 0.5) is 5.00 Å². The predicted molar refractivity (Wildman–Crippen MR) is 111 cm³/mol. The van der Waals surface area contributed by atoms with Crippen LogP contribution in [-0.2, 0) is 11.3 Å². The van der Waals surface area contributed by atoms with Crippen molar-refractivity contribution in [3.05, 3.63) is 73.9 Å². The molecule has 160 valence electrons. The van der Waals surface area contributed by atoms with Crippen molar-refractivity contribution in [2.24, 2.45) is 0 Å². The maximum absolute atomic E-state index is 12.7. The van der Waals surface area contributed by atoms with Crippen molar-refractivity contribution in [1.29, 1.82) is 0 Å². The molecule has 0 amide bonds. The molecule has 9 nitrogen and oxygen atoms in total. The zero-order valence-electron chi connectivity index (χ0n) is 16.7. The summed E-state index contributed by atoms with van der Waals surface area (Å²) in [6.07, 6.45) is 0. The number of nitro groups is 1. The summed E-state index contributed by atoms with van der Waals surface area (Å²) in [4.78, 5) is 35.0. The monoisotopic (exact) mass is 442 g/mol. The predicted octanol–water partition coefficient (Wildman–Crippen LogP) is 3.89. The number of benzene rings is 1. The molecule has 1 aromatic carbocycles. The minimum atomic E-state index is -0.763. The molecule has 0 unspecified atom stereocenters. The topological polar surface area (TPSA) is 110 Å². The fourth-order valence-electron chi connectivity index (χ4n) is 3.36. The Morgan fingerprint density at radius 2 is 1.94 bits per heavy atom. The quantitative estimate of drug-likeness (QED) is 0.236. The minimum absolute atomic E-state index is 0.0766. The first-order valence-corrected chi connectivity index (χ1v) is 10.1. The molecule has 3 aromatic rings. The summed E-state index contributed by atoms with van der Waals surface area (Å²) in [5.74, 6) is 0.292. The number of rotatable bonds is 7. The molecule has 10 heteroatoms. The Morgan fingerprint density at radius 1 is 1.16 bits per heavy atom. The van der Waals surface area contributed by atoms with Crippen LogP contribution in [0.5, 0.6) is 11.5 Å². The molecule has 0 atom stereocenters. The molecule has 4 rings (SSSR count). The van der Waals surface area contributed by atoms with Crippen LogP contribution in [0.3, 0.4) is 0 Å². The lowest BCUT2D eigenvalue weighted by Gasteiger charge is -2.11. The second-order valence-electron chi connectivity index (χ2n) is 6.95. The molecule has 0 aliphatic carbocycles. The van der Waals surface area contributed by atoms with E-state index in [1.807, 2.05) is 36.6 Å². The van der Waals surface area contributed by atoms with Crippen molar-refractivity contribution in [3.63, 3.8) is 0 Å². The number of thiophene rings is 1. The molecular formula is C21H18N2O7S. The summed E-state index contributed by atoms with van der Waals surface area (Å²) >= 11 is 0.708. The summed E-state index contributed by atoms with van der Waals surface area (Å²) in [5, 5.41) is 10.6. The normalized spacial score (nSPS) is 12.1. The van der Waals surface area contributed by atoms with Crippen LogP contribution >= 0.6 is 11.3 Å². The summed E-state index contributed by atoms with van der Waals surface area (Å²) < 4.78 is 17.8. The third-order valence-electron chi connectivity index (χ3n) is 4.96. The first-order chi connectivity index (χ1) is 14.8. The first kappa shape index (κ1) is 20.6. The van der Waals surface area contributed by atoms with Gasteiger partial charge in [0.1, 0.15) is 4.88 Å². The molecule has 1 aliphatic rings. The van der Waals surface area contributed by atoms with Crippen LogP contribution in [0, 0.1) is 24.0 Å². The number of fused-ring (bicyclic) bond motifs is 1. The smallest absolute Gasteiger partial charge is 0.349 e. The number of hydrogen-bond acceptors (Lipinski definition) is 8. The SMILES string of the molecule is Cc1cc(C(=O)COC(=O)c2ccc([N+](=O)[O-])s2)c(C)n1Cc1ccc2c(c1)OCO2. The van der Waals surface area contributed by atoms with Crippen LogP contribution in [0.1, 0.15) is 37.0 Å². The van der Waals surface area contributed by atoms with Gasteiger partial charge >= 0.3 is 11.0 Å². The second-order valence-corrected chi connectivity index (χ2v) is 8.02. The molecule has 0 radical (unpaired) electrons. The van der Waals surface area contributed by atoms with Gasteiger partial charge in [-0.1, -0.05) is 17.4 Å². The van der Waals surface area contributed by atoms with E-state index in [4.69, 9.17) is 14.2 Å². The summed E-state index contributed by atoms with van der Waals surface area (Å²) in [5.41, 5.74) is 3.10. The highest BCUT2D eigenvalue weighted by Gasteiger charge is 2.21. The second kappa shape index (κ2) is 8.23. The number of nitrogens with zero attached hydrogens (tertiary/aromatic N) is 2. The summed E-state index contributed by atoms with van der Waals surface area (Å²) in [6, 6.07) is 10.0. The largest absolute Gasteiger partial charge is 0.454 e. The Labute approximate surface area is 180 Å². The Balaban J connectivity index is 1.44. The van der Waals surface area contributed by atoms with E-state index in [-0.39, 0.29) is 22.5 Å². The molecule has 0 fully saturated rings. The van der Waals surface area contributed by atoms with Crippen LogP contribution in [-0.4, -0.2) is 34.6 Å². The van der Waals surface area contributed by atoms with E-state index in [9.17, 15) is 19.7 Å². The Hall–Kier alpha value is -3.66. The lowest BCUT2D eigenvalue weighted by molar-refractivity contribution is -0.380. The standard InChI is InChI=1S/C21H18N2O7S/c1-12-7-15(16(24)10-28-21(25)19-5-6-20(31-19)23(26)27)13(2)22(12)9-14-3-4-17-18(8-14)30-11-29-17/h3-8H,9-11H2,1-2H3. The number of carbonyl (C=O) groups is 2. The molecule has 31 heavy (non-hydrogen) atoms. The van der Waals surface area contributed by atoms with Crippen molar-refractivity contribution in [1.82, 2.24) is 4.57 Å². The highest BCUT2D eigenvalue weighted by Crippen LogP contribution is 2.33. The van der Waals surface area contributed by atoms with Crippen LogP contribution in [0.2, 0.25) is 0 Å². The molecule has 0 N–H and O–H groups in total. The molecule has 3 heterocycles. The fourth-order valence-corrected chi connectivity index (χ4v) is 4.08. The van der Waals surface area contributed by atoms with Crippen molar-refractivity contribution in [3.8, 4) is 11.5 Å². The molecule has 0 bridgehead atoms. The van der Waals surface area contributed by atoms with Crippen molar-refractivity contribution in [2.75, 3.05) is 13.4 Å². The van der Waals surface area contributed by atoms with E-state index in [2.05, 4.69) is 0 Å². The number of aromatic nitrogens is 1. The van der Waals surface area contributed by atoms with Crippen molar-refractivity contribution in [2.45, 2.75) is 20.4 Å². The average molecular weight is 442 g/mol. The lowest BCUT2D eigenvalue weighted by atomic mass is 10.1. The Morgan fingerprint density at radius 3 is 2.68 bits per heavy atom. The van der Waals surface area contributed by atoms with Crippen molar-refractivity contribution < 1.29 is 28.7 Å². The molecule has 0 saturated heterocycles. The highest BCUT2D eigenvalue weighted by molar-refractivity contribution is 7.17. The number of esters is 1. The van der Waals surface area contributed by atoms with E-state index in [1.54, 1.807) is 6.07 Å². The number of Topliss-reactive ketones (excluding diaryl/α,β-unsaturated/α-hetero) is 1. The molecule has 2 aromatic heterocycles. The van der Waals surface area contributed by atoms with E-state index < -0.39 is 17.5 Å². The van der Waals surface area contributed by atoms with Crippen LogP contribution in [0.25, 0.3) is 0 Å². The Kier molecular flexibility index (Phi) is 5.47. The molecule has 0 spiro atoms. The van der Waals surface area contributed by atoms with E-state index >= 15 is 0 Å². The van der Waals surface area contributed by atoms with Gasteiger partial charge in [-0.2, -0.15) is 0 Å². The molecule has 1 aliphatic heterocycles. The number of hydrogen-bond donors (Lipinski definition) is 0. The summed E-state index contributed by atoms with van der Waals surface area (Å²) in [7, 11) is 0. The van der Waals surface area contributed by atoms with E-state index in [1.165, 1.54) is 12.1 Å². The Bertz CT molecular complexity index is 1190. The fraction of sp³-hybridized carbons (Fsp3) is 0.238. The van der Waals surface area contributed by atoms with Gasteiger partial charge in [0.05, 0.1) is 4.92 Å². The van der Waals surface area contributed by atoms with Gasteiger partial charge in [0, 0.05) is 29.6 Å². The maximum Gasteiger partial charge on any atom is 0.349 e. The van der Waals surface area contributed by atoms with Gasteiger partial charge in [-0.25, -0.2) is 4.79 Å². The van der Waals surface area contributed by atoms with Gasteiger partial charge in [0.25, 0.3) is 0 Å². The van der Waals surface area contributed by atoms with Crippen LogP contribution in [0.15, 0.2) is 36.4 Å². The maximum atomic E-state index is 12.7. The molecular weight excluding hydrogens is 424 g/mol. The number of ether oxygens (including phenoxy) is 3. The number of aryl methyl sites for hydroxylation is 1. The third-order valence-corrected chi connectivity index (χ3v) is 5.98. The highest BCUT2D eigenvalue weighted by atomic mass is 32.1. The van der Waals surface area contributed by atoms with Gasteiger partial charge in [0.15, 0.2) is 18.1 Å². The zero-order chi connectivity index (χ0) is 22.1. The van der Waals surface area contributed by atoms with Gasteiger partial charge in [-0.3, -0.25) is 14.9 Å². The van der Waals surface area contributed by atoms with E-state index in [0.29, 0.717) is 34.9 Å². The number of carbonyl (C=O) groups excluding carboxylic acids is 2. The zero-order valence-corrected chi connectivity index (χ0v) is 17.6. The minimum Gasteiger partial charge on any atom is -0.454 e. The van der Waals surface area contributed by atoms with Crippen molar-refractivity contribution >= 4 is 28.1 Å². The van der Waals surface area contributed by atoms with Gasteiger partial charge in [-0.15, -0.1) is 0 Å². The van der Waals surface area contributed by atoms with Crippen LogP contribution < -0.4 is 9.47 Å². The van der Waals surface area contributed by atoms with Gasteiger partial charge in [-0.05, 0) is 43.7 Å². The summed E-state index contributed by atoms with van der Waals surface area (Å²) in [6.45, 7) is 4.03. The first-order valence-electron chi connectivity index (χ1n) is 9.33. The average Bonchev–Trinajstić information content (AvgIpc) is 3.47.